The molecule has 2 aromatic rings. The second-order valence-corrected chi connectivity index (χ2v) is 10.5. The van der Waals surface area contributed by atoms with Crippen molar-refractivity contribution < 1.29 is 14.3 Å². The number of hydrogen-bond acceptors (Lipinski definition) is 4. The molecule has 6 heteroatoms. The van der Waals surface area contributed by atoms with E-state index in [0.717, 1.165) is 61.3 Å². The van der Waals surface area contributed by atoms with Gasteiger partial charge in [0.15, 0.2) is 0 Å². The van der Waals surface area contributed by atoms with E-state index in [1.54, 1.807) is 4.90 Å². The van der Waals surface area contributed by atoms with Crippen molar-refractivity contribution in [3.63, 3.8) is 0 Å². The van der Waals surface area contributed by atoms with E-state index in [9.17, 15) is 9.59 Å². The molecule has 0 aromatic heterocycles. The highest BCUT2D eigenvalue weighted by molar-refractivity contribution is 6.09. The minimum Gasteiger partial charge on any atom is -0.444 e. The summed E-state index contributed by atoms with van der Waals surface area (Å²) in [6.45, 7) is 10.5. The van der Waals surface area contributed by atoms with Gasteiger partial charge in [-0.3, -0.25) is 4.79 Å². The van der Waals surface area contributed by atoms with E-state index in [1.807, 2.05) is 45.0 Å². The molecule has 0 bridgehead atoms. The van der Waals surface area contributed by atoms with Crippen LogP contribution in [-0.2, 0) is 9.53 Å². The highest BCUT2D eigenvalue weighted by Gasteiger charge is 2.26. The highest BCUT2D eigenvalue weighted by Crippen LogP contribution is 2.33. The fraction of sp³-hybridized carbons (Fsp3) is 0.448. The average molecular weight is 476 g/mol. The lowest BCUT2D eigenvalue weighted by Crippen LogP contribution is -2.50. The summed E-state index contributed by atoms with van der Waals surface area (Å²) in [4.78, 5) is 29.5. The van der Waals surface area contributed by atoms with Crippen molar-refractivity contribution in [2.45, 2.75) is 59.0 Å². The van der Waals surface area contributed by atoms with E-state index in [2.05, 4.69) is 41.4 Å². The first-order valence-electron chi connectivity index (χ1n) is 12.6. The number of anilines is 2. The Bertz CT molecular complexity index is 1070. The topological polar surface area (TPSA) is 61.9 Å². The van der Waals surface area contributed by atoms with Crippen molar-refractivity contribution in [2.24, 2.45) is 0 Å². The summed E-state index contributed by atoms with van der Waals surface area (Å²) >= 11 is 0. The van der Waals surface area contributed by atoms with Gasteiger partial charge in [-0.15, -0.1) is 0 Å². The number of rotatable bonds is 4. The molecule has 35 heavy (non-hydrogen) atoms. The third-order valence-electron chi connectivity index (χ3n) is 6.56. The smallest absolute Gasteiger partial charge is 0.410 e. The van der Waals surface area contributed by atoms with E-state index in [1.165, 1.54) is 11.1 Å². The zero-order chi connectivity index (χ0) is 25.0. The molecule has 1 heterocycles. The van der Waals surface area contributed by atoms with Gasteiger partial charge < -0.3 is 19.9 Å². The largest absolute Gasteiger partial charge is 0.444 e. The Morgan fingerprint density at radius 3 is 2.11 bits per heavy atom. The van der Waals surface area contributed by atoms with E-state index in [0.29, 0.717) is 13.1 Å². The quantitative estimate of drug-likeness (QED) is 0.587. The van der Waals surface area contributed by atoms with Crippen LogP contribution in [0.5, 0.6) is 0 Å². The molecule has 0 unspecified atom stereocenters. The maximum Gasteiger partial charge on any atom is 0.410 e. The van der Waals surface area contributed by atoms with Gasteiger partial charge in [-0.2, -0.15) is 0 Å². The summed E-state index contributed by atoms with van der Waals surface area (Å²) in [5.74, 6) is -0.000926. The lowest BCUT2D eigenvalue weighted by molar-refractivity contribution is -0.113. The SMILES string of the molecule is Cc1ccc(C2=C(C(=O)Nc3ccc(N4CCN(C(=O)OC(C)(C)C)CC4)cc3)CCCC2)cc1. The van der Waals surface area contributed by atoms with E-state index in [4.69, 9.17) is 4.74 Å². The second kappa shape index (κ2) is 10.5. The predicted octanol–water partition coefficient (Wildman–Crippen LogP) is 6.02. The summed E-state index contributed by atoms with van der Waals surface area (Å²) < 4.78 is 5.49. The summed E-state index contributed by atoms with van der Waals surface area (Å²) in [5, 5.41) is 3.11. The number of aryl methyl sites for hydroxylation is 1. The molecule has 2 aliphatic rings. The number of nitrogens with one attached hydrogen (secondary N) is 1. The molecule has 1 fully saturated rings. The Morgan fingerprint density at radius 2 is 1.49 bits per heavy atom. The molecule has 1 N–H and O–H groups in total. The van der Waals surface area contributed by atoms with Crippen molar-refractivity contribution >= 4 is 28.9 Å². The Hall–Kier alpha value is -3.28. The van der Waals surface area contributed by atoms with Gasteiger partial charge in [-0.25, -0.2) is 4.79 Å². The number of carbonyl (C=O) groups excluding carboxylic acids is 2. The molecule has 0 saturated carbocycles. The van der Waals surface area contributed by atoms with E-state index >= 15 is 0 Å². The van der Waals surface area contributed by atoms with Crippen LogP contribution >= 0.6 is 0 Å². The number of hydrogen-bond donors (Lipinski definition) is 1. The monoisotopic (exact) mass is 475 g/mol. The maximum atomic E-state index is 13.2. The Labute approximate surface area is 208 Å². The maximum absolute atomic E-state index is 13.2. The number of piperazine rings is 1. The standard InChI is InChI=1S/C29H37N3O3/c1-21-9-11-22(12-10-21)25-7-5-6-8-26(25)27(33)30-23-13-15-24(16-14-23)31-17-19-32(20-18-31)28(34)35-29(2,3)4/h9-16H,5-8,17-20H2,1-4H3,(H,30,33). The number of nitrogens with zero attached hydrogens (tertiary/aromatic N) is 2. The number of amides is 2. The second-order valence-electron chi connectivity index (χ2n) is 10.5. The summed E-state index contributed by atoms with van der Waals surface area (Å²) in [6.07, 6.45) is 3.68. The number of ether oxygens (including phenoxy) is 1. The number of benzene rings is 2. The third kappa shape index (κ3) is 6.44. The fourth-order valence-corrected chi connectivity index (χ4v) is 4.67. The molecule has 2 amide bonds. The van der Waals surface area contributed by atoms with Crippen LogP contribution in [0.1, 0.15) is 57.6 Å². The summed E-state index contributed by atoms with van der Waals surface area (Å²) in [7, 11) is 0. The minimum absolute atomic E-state index is 0.000926. The highest BCUT2D eigenvalue weighted by atomic mass is 16.6. The van der Waals surface area contributed by atoms with Crippen LogP contribution in [0.2, 0.25) is 0 Å². The molecule has 0 atom stereocenters. The van der Waals surface area contributed by atoms with Crippen molar-refractivity contribution in [1.82, 2.24) is 4.90 Å². The van der Waals surface area contributed by atoms with Gasteiger partial charge in [0, 0.05) is 43.1 Å². The van der Waals surface area contributed by atoms with Crippen LogP contribution in [-0.4, -0.2) is 48.7 Å². The van der Waals surface area contributed by atoms with Crippen LogP contribution in [0.25, 0.3) is 5.57 Å². The number of carbonyl (C=O) groups is 2. The van der Waals surface area contributed by atoms with Gasteiger partial charge >= 0.3 is 6.09 Å². The first-order chi connectivity index (χ1) is 16.7. The molecule has 186 valence electrons. The Morgan fingerprint density at radius 1 is 0.857 bits per heavy atom. The lowest BCUT2D eigenvalue weighted by atomic mass is 9.86. The van der Waals surface area contributed by atoms with Crippen LogP contribution in [0.15, 0.2) is 54.1 Å². The zero-order valence-corrected chi connectivity index (χ0v) is 21.4. The van der Waals surface area contributed by atoms with E-state index in [-0.39, 0.29) is 12.0 Å². The van der Waals surface area contributed by atoms with Crippen LogP contribution < -0.4 is 10.2 Å². The molecule has 1 saturated heterocycles. The molecule has 0 spiro atoms. The van der Waals surface area contributed by atoms with Gasteiger partial charge in [0.2, 0.25) is 0 Å². The molecule has 4 rings (SSSR count). The Kier molecular flexibility index (Phi) is 7.48. The molecule has 6 nitrogen and oxygen atoms in total. The fourth-order valence-electron chi connectivity index (χ4n) is 4.67. The van der Waals surface area contributed by atoms with Crippen molar-refractivity contribution in [3.05, 3.63) is 65.2 Å². The minimum atomic E-state index is -0.483. The van der Waals surface area contributed by atoms with Gasteiger partial charge in [-0.1, -0.05) is 29.8 Å². The summed E-state index contributed by atoms with van der Waals surface area (Å²) in [5.41, 5.74) is 5.86. The van der Waals surface area contributed by atoms with Crippen LogP contribution in [0.3, 0.4) is 0 Å². The zero-order valence-electron chi connectivity index (χ0n) is 21.4. The summed E-state index contributed by atoms with van der Waals surface area (Å²) in [6, 6.07) is 16.5. The molecular weight excluding hydrogens is 438 g/mol. The van der Waals surface area contributed by atoms with Crippen molar-refractivity contribution in [2.75, 3.05) is 36.4 Å². The lowest BCUT2D eigenvalue weighted by Gasteiger charge is -2.36. The normalized spacial score (nSPS) is 16.8. The van der Waals surface area contributed by atoms with Gasteiger partial charge in [0.05, 0.1) is 0 Å². The Balaban J connectivity index is 1.37. The van der Waals surface area contributed by atoms with Gasteiger partial charge in [0.25, 0.3) is 5.91 Å². The predicted molar refractivity (Wildman–Crippen MR) is 142 cm³/mol. The van der Waals surface area contributed by atoms with Crippen molar-refractivity contribution in [3.8, 4) is 0 Å². The van der Waals surface area contributed by atoms with Gasteiger partial charge in [-0.05, 0) is 88.8 Å². The molecule has 1 aliphatic heterocycles. The van der Waals surface area contributed by atoms with Crippen LogP contribution in [0.4, 0.5) is 16.2 Å². The van der Waals surface area contributed by atoms with E-state index < -0.39 is 5.60 Å². The third-order valence-corrected chi connectivity index (χ3v) is 6.56. The first-order valence-corrected chi connectivity index (χ1v) is 12.6. The van der Waals surface area contributed by atoms with Crippen molar-refractivity contribution in [1.29, 1.82) is 0 Å². The molecule has 0 radical (unpaired) electrons. The molecule has 1 aliphatic carbocycles. The molecular formula is C29H37N3O3. The number of allylic oxidation sites excluding steroid dienone is 1. The van der Waals surface area contributed by atoms with Gasteiger partial charge in [0.1, 0.15) is 5.60 Å². The average Bonchev–Trinajstić information content (AvgIpc) is 2.84. The first kappa shape index (κ1) is 24.8. The van der Waals surface area contributed by atoms with Crippen LogP contribution in [0, 0.1) is 6.92 Å². The molecule has 2 aromatic carbocycles.